The molecule has 1 aromatic heterocycles. The van der Waals surface area contributed by atoms with Gasteiger partial charge in [-0.05, 0) is 43.4 Å². The fourth-order valence-electron chi connectivity index (χ4n) is 2.43. The molecular formula is C14H22N2O2. The minimum absolute atomic E-state index is 0.433. The first-order valence-electron chi connectivity index (χ1n) is 6.58. The van der Waals surface area contributed by atoms with Gasteiger partial charge in [0.2, 0.25) is 0 Å². The molecule has 0 aliphatic carbocycles. The maximum absolute atomic E-state index is 9.60. The van der Waals surface area contributed by atoms with Crippen LogP contribution in [-0.4, -0.2) is 36.9 Å². The van der Waals surface area contributed by atoms with Gasteiger partial charge in [0.05, 0.1) is 6.10 Å². The summed E-state index contributed by atoms with van der Waals surface area (Å²) >= 11 is 0. The number of aromatic nitrogens is 1. The van der Waals surface area contributed by atoms with Crippen LogP contribution < -0.4 is 4.90 Å². The summed E-state index contributed by atoms with van der Waals surface area (Å²) in [6.45, 7) is 4.67. The number of methoxy groups -OCH3 is 1. The van der Waals surface area contributed by atoms with E-state index in [2.05, 4.69) is 9.88 Å². The third kappa shape index (κ3) is 3.21. The fourth-order valence-corrected chi connectivity index (χ4v) is 2.43. The monoisotopic (exact) mass is 250 g/mol. The molecule has 0 bridgehead atoms. The molecular weight excluding hydrogens is 228 g/mol. The number of anilines is 1. The highest BCUT2D eigenvalue weighted by Gasteiger charge is 2.20. The van der Waals surface area contributed by atoms with Crippen molar-refractivity contribution < 1.29 is 9.84 Å². The maximum Gasteiger partial charge on any atom is 0.128 e. The van der Waals surface area contributed by atoms with Crippen molar-refractivity contribution >= 4 is 5.82 Å². The van der Waals surface area contributed by atoms with E-state index in [1.165, 1.54) is 0 Å². The summed E-state index contributed by atoms with van der Waals surface area (Å²) < 4.78 is 5.21. The highest BCUT2D eigenvalue weighted by Crippen LogP contribution is 2.24. The predicted molar refractivity (Wildman–Crippen MR) is 71.7 cm³/mol. The molecule has 0 aromatic carbocycles. The van der Waals surface area contributed by atoms with Gasteiger partial charge in [-0.3, -0.25) is 0 Å². The van der Waals surface area contributed by atoms with Crippen LogP contribution in [0.15, 0.2) is 18.3 Å². The highest BCUT2D eigenvalue weighted by molar-refractivity contribution is 5.41. The largest absolute Gasteiger partial charge is 0.389 e. The molecule has 1 fully saturated rings. The normalized spacial score (nSPS) is 18.9. The molecule has 1 aromatic rings. The molecule has 0 amide bonds. The van der Waals surface area contributed by atoms with Crippen LogP contribution in [0.1, 0.15) is 31.4 Å². The summed E-state index contributed by atoms with van der Waals surface area (Å²) in [6.07, 6.45) is 3.64. The minimum Gasteiger partial charge on any atom is -0.389 e. The molecule has 4 heteroatoms. The number of nitrogens with zero attached hydrogens (tertiary/aromatic N) is 2. The SMILES string of the molecule is COCC1CCN(c2cc([C@H](C)O)ccn2)CC1. The van der Waals surface area contributed by atoms with Crippen molar-refractivity contribution in [1.29, 1.82) is 0 Å². The summed E-state index contributed by atoms with van der Waals surface area (Å²) in [4.78, 5) is 6.69. The van der Waals surface area contributed by atoms with Crippen molar-refractivity contribution in [2.24, 2.45) is 5.92 Å². The van der Waals surface area contributed by atoms with Gasteiger partial charge in [-0.25, -0.2) is 4.98 Å². The lowest BCUT2D eigenvalue weighted by atomic mass is 9.98. The van der Waals surface area contributed by atoms with Gasteiger partial charge in [0.25, 0.3) is 0 Å². The lowest BCUT2D eigenvalue weighted by molar-refractivity contribution is 0.139. The van der Waals surface area contributed by atoms with E-state index in [-0.39, 0.29) is 0 Å². The molecule has 18 heavy (non-hydrogen) atoms. The second-order valence-corrected chi connectivity index (χ2v) is 5.01. The zero-order valence-electron chi connectivity index (χ0n) is 11.2. The number of ether oxygens (including phenoxy) is 1. The Balaban J connectivity index is 1.98. The molecule has 4 nitrogen and oxygen atoms in total. The molecule has 0 unspecified atom stereocenters. The van der Waals surface area contributed by atoms with Crippen LogP contribution in [0.3, 0.4) is 0 Å². The van der Waals surface area contributed by atoms with E-state index in [1.54, 1.807) is 20.2 Å². The fraction of sp³-hybridized carbons (Fsp3) is 0.643. The van der Waals surface area contributed by atoms with E-state index in [9.17, 15) is 5.11 Å². The van der Waals surface area contributed by atoms with Crippen LogP contribution in [0.5, 0.6) is 0 Å². The summed E-state index contributed by atoms with van der Waals surface area (Å²) in [7, 11) is 1.76. The van der Waals surface area contributed by atoms with Crippen molar-refractivity contribution in [3.8, 4) is 0 Å². The lowest BCUT2D eigenvalue weighted by Gasteiger charge is -2.32. The first kappa shape index (κ1) is 13.3. The maximum atomic E-state index is 9.60. The molecule has 1 atom stereocenters. The molecule has 0 radical (unpaired) electrons. The lowest BCUT2D eigenvalue weighted by Crippen LogP contribution is -2.35. The summed E-state index contributed by atoms with van der Waals surface area (Å²) in [5, 5.41) is 9.60. The Kier molecular flexibility index (Phi) is 4.55. The molecule has 1 aliphatic heterocycles. The topological polar surface area (TPSA) is 45.6 Å². The Morgan fingerprint density at radius 1 is 1.50 bits per heavy atom. The Hall–Kier alpha value is -1.13. The number of hydrogen-bond donors (Lipinski definition) is 1. The van der Waals surface area contributed by atoms with Crippen molar-refractivity contribution in [2.45, 2.75) is 25.9 Å². The predicted octanol–water partition coefficient (Wildman–Crippen LogP) is 2.00. The second kappa shape index (κ2) is 6.16. The van der Waals surface area contributed by atoms with Crippen LogP contribution in [0, 0.1) is 5.92 Å². The zero-order chi connectivity index (χ0) is 13.0. The third-order valence-electron chi connectivity index (χ3n) is 3.59. The molecule has 0 spiro atoms. The van der Waals surface area contributed by atoms with Crippen molar-refractivity contribution in [3.63, 3.8) is 0 Å². The number of aliphatic hydroxyl groups excluding tert-OH is 1. The summed E-state index contributed by atoms with van der Waals surface area (Å²) in [5.74, 6) is 1.65. The summed E-state index contributed by atoms with van der Waals surface area (Å²) in [6, 6.07) is 3.85. The van der Waals surface area contributed by atoms with Gasteiger partial charge in [-0.2, -0.15) is 0 Å². The smallest absolute Gasteiger partial charge is 0.128 e. The van der Waals surface area contributed by atoms with E-state index in [4.69, 9.17) is 4.74 Å². The summed E-state index contributed by atoms with van der Waals surface area (Å²) in [5.41, 5.74) is 0.930. The van der Waals surface area contributed by atoms with E-state index in [1.807, 2.05) is 12.1 Å². The molecule has 0 saturated carbocycles. The van der Waals surface area contributed by atoms with Crippen LogP contribution in [0.2, 0.25) is 0 Å². The van der Waals surface area contributed by atoms with E-state index in [0.717, 1.165) is 43.9 Å². The Morgan fingerprint density at radius 2 is 2.22 bits per heavy atom. The van der Waals surface area contributed by atoms with Crippen LogP contribution >= 0.6 is 0 Å². The zero-order valence-corrected chi connectivity index (χ0v) is 11.2. The number of rotatable bonds is 4. The number of hydrogen-bond acceptors (Lipinski definition) is 4. The third-order valence-corrected chi connectivity index (χ3v) is 3.59. The highest BCUT2D eigenvalue weighted by atomic mass is 16.5. The first-order chi connectivity index (χ1) is 8.70. The number of aliphatic hydroxyl groups is 1. The van der Waals surface area contributed by atoms with Crippen LogP contribution in [0.25, 0.3) is 0 Å². The quantitative estimate of drug-likeness (QED) is 0.887. The van der Waals surface area contributed by atoms with Gasteiger partial charge in [0, 0.05) is 33.0 Å². The van der Waals surface area contributed by atoms with Crippen molar-refractivity contribution in [1.82, 2.24) is 4.98 Å². The van der Waals surface area contributed by atoms with Gasteiger partial charge >= 0.3 is 0 Å². The van der Waals surface area contributed by atoms with E-state index in [0.29, 0.717) is 5.92 Å². The number of pyridine rings is 1. The van der Waals surface area contributed by atoms with Gasteiger partial charge < -0.3 is 14.7 Å². The molecule has 2 heterocycles. The standard InChI is InChI=1S/C14H22N2O2/c1-11(17)13-3-6-15-14(9-13)16-7-4-12(5-8-16)10-18-2/h3,6,9,11-12,17H,4-5,7-8,10H2,1-2H3/t11-/m0/s1. The minimum atomic E-state index is -0.433. The molecule has 1 N–H and O–H groups in total. The Bertz CT molecular complexity index is 374. The van der Waals surface area contributed by atoms with Crippen LogP contribution in [0.4, 0.5) is 5.82 Å². The Labute approximate surface area is 109 Å². The van der Waals surface area contributed by atoms with Crippen molar-refractivity contribution in [3.05, 3.63) is 23.9 Å². The molecule has 1 saturated heterocycles. The van der Waals surface area contributed by atoms with Gasteiger partial charge in [-0.15, -0.1) is 0 Å². The second-order valence-electron chi connectivity index (χ2n) is 5.01. The van der Waals surface area contributed by atoms with Crippen molar-refractivity contribution in [2.75, 3.05) is 31.7 Å². The Morgan fingerprint density at radius 3 is 2.83 bits per heavy atom. The van der Waals surface area contributed by atoms with Crippen LogP contribution in [-0.2, 0) is 4.74 Å². The van der Waals surface area contributed by atoms with E-state index >= 15 is 0 Å². The van der Waals surface area contributed by atoms with E-state index < -0.39 is 6.10 Å². The average molecular weight is 250 g/mol. The molecule has 2 rings (SSSR count). The van der Waals surface area contributed by atoms with Gasteiger partial charge in [0.1, 0.15) is 5.82 Å². The first-order valence-corrected chi connectivity index (χ1v) is 6.58. The van der Waals surface area contributed by atoms with Gasteiger partial charge in [0.15, 0.2) is 0 Å². The molecule has 100 valence electrons. The molecule has 1 aliphatic rings. The van der Waals surface area contributed by atoms with Gasteiger partial charge in [-0.1, -0.05) is 0 Å². The number of piperidine rings is 1. The average Bonchev–Trinajstić information content (AvgIpc) is 2.40.